The van der Waals surface area contributed by atoms with E-state index in [9.17, 15) is 0 Å². The van der Waals surface area contributed by atoms with Crippen LogP contribution in [0.3, 0.4) is 0 Å². The zero-order valence-corrected chi connectivity index (χ0v) is 73.6. The zero-order valence-electron chi connectivity index (χ0n) is 73.6. The van der Waals surface area contributed by atoms with Gasteiger partial charge in [0.25, 0.3) is 5.52 Å². The van der Waals surface area contributed by atoms with Crippen LogP contribution in [0.5, 0.6) is 23.0 Å². The molecule has 13 nitrogen and oxygen atoms in total. The lowest BCUT2D eigenvalue weighted by Gasteiger charge is -2.08. The molecule has 13 heteroatoms. The van der Waals surface area contributed by atoms with Crippen LogP contribution in [0.25, 0.3) is 98.1 Å². The standard InChI is InChI=1S/C13H16NO2.2C13H16N.C12H14NO.C11H12NO.3C11H12N.C10H10N/c1-9-5-6-14(2)13-11(9)7-10(15-3)8-12(13)16-4;1-9-7-11(3)13-12(8-9)10(2)5-6-14(13)4;1-10(2)11-6-7-13-12(9-11)5-4-8-14(13)3;1-9-6-7-13(2)12-5-4-10(14-3)8-11(9)12;1-12-7-3-4-9-8-10(13-2)5-6-11(9)12;1-9-5-6-11-10(8-9)4-3-7-12(11)2;1-9-5-6-10-4-3-7-12(2)11(10)8-9;1-9-7-8-12(2)11-6-4-3-5-10(9)11;1-11-8-4-6-9-5-2-3-7-10(9)11/h5-8H,1-4H3;5-8H,1-4H3;4-10H,1-3H3;4-8H,1-3H3;3-8H,1-2H3;3*3-8H,1-2H3;2-8H,1H3/q9*+1. The van der Waals surface area contributed by atoms with E-state index < -0.39 is 0 Å². The molecule has 0 atom stereocenters. The van der Waals surface area contributed by atoms with Crippen LogP contribution in [-0.4, -0.2) is 28.4 Å². The molecule has 118 heavy (non-hydrogen) atoms. The summed E-state index contributed by atoms with van der Waals surface area (Å²) in [5, 5.41) is 11.5. The van der Waals surface area contributed by atoms with Gasteiger partial charge in [0.05, 0.1) is 44.6 Å². The van der Waals surface area contributed by atoms with E-state index in [4.69, 9.17) is 18.9 Å². The fraction of sp³-hybridized carbons (Fsp3) is 0.229. The van der Waals surface area contributed by atoms with Gasteiger partial charge in [0.1, 0.15) is 80.7 Å². The number of aryl methyl sites for hydroxylation is 17. The second-order valence-electron chi connectivity index (χ2n) is 30.7. The average molecular weight is 1570 g/mol. The number of benzene rings is 9. The molecule has 0 amide bonds. The predicted molar refractivity (Wildman–Crippen MR) is 484 cm³/mol. The number of para-hydroxylation sites is 2. The topological polar surface area (TPSA) is 71.8 Å². The molecule has 0 saturated heterocycles. The maximum Gasteiger partial charge on any atom is 0.255 e. The van der Waals surface area contributed by atoms with Crippen molar-refractivity contribution in [3.8, 4) is 23.0 Å². The van der Waals surface area contributed by atoms with Crippen molar-refractivity contribution in [1.82, 2.24) is 0 Å². The lowest BCUT2D eigenvalue weighted by Crippen LogP contribution is -2.29. The summed E-state index contributed by atoms with van der Waals surface area (Å²) in [7, 11) is 25.3. The summed E-state index contributed by atoms with van der Waals surface area (Å²) in [4.78, 5) is 0. The van der Waals surface area contributed by atoms with Crippen LogP contribution in [0.1, 0.15) is 69.8 Å². The third-order valence-electron chi connectivity index (χ3n) is 21.5. The van der Waals surface area contributed by atoms with Gasteiger partial charge >= 0.3 is 0 Å². The molecule has 0 aliphatic rings. The maximum atomic E-state index is 5.40. The quantitative estimate of drug-likeness (QED) is 0.161. The van der Waals surface area contributed by atoms with E-state index >= 15 is 0 Å². The Balaban J connectivity index is 0.000000140. The number of fused-ring (bicyclic) bond motifs is 9. The monoisotopic (exact) mass is 1570 g/mol. The van der Waals surface area contributed by atoms with Crippen LogP contribution in [0.4, 0.5) is 0 Å². The minimum absolute atomic E-state index is 0.602. The number of rotatable bonds is 5. The van der Waals surface area contributed by atoms with Gasteiger partial charge < -0.3 is 18.9 Å². The molecule has 0 aliphatic heterocycles. The number of hydrogen-bond acceptors (Lipinski definition) is 4. The summed E-state index contributed by atoms with van der Waals surface area (Å²) in [5.74, 6) is 4.06. The van der Waals surface area contributed by atoms with Gasteiger partial charge in [-0.1, -0.05) is 61.9 Å². The fourth-order valence-electron chi connectivity index (χ4n) is 14.7. The molecule has 0 spiro atoms. The van der Waals surface area contributed by atoms with Crippen molar-refractivity contribution in [1.29, 1.82) is 0 Å². The summed E-state index contributed by atoms with van der Waals surface area (Å²) in [6.07, 6.45) is 18.6. The van der Waals surface area contributed by atoms with Crippen molar-refractivity contribution in [2.24, 2.45) is 63.4 Å². The third-order valence-corrected chi connectivity index (χ3v) is 21.5. The number of hydrogen-bond donors (Lipinski definition) is 0. The smallest absolute Gasteiger partial charge is 0.255 e. The number of aromatic nitrogens is 9. The number of methoxy groups -OCH3 is 4. The number of ether oxygens (including phenoxy) is 4. The van der Waals surface area contributed by atoms with Gasteiger partial charge in [0, 0.05) is 141 Å². The van der Waals surface area contributed by atoms with Crippen LogP contribution in [0.2, 0.25) is 0 Å². The molecule has 18 aromatic rings. The van der Waals surface area contributed by atoms with Gasteiger partial charge in [0.15, 0.2) is 61.5 Å². The Kier molecular flexibility index (Phi) is 30.3. The lowest BCUT2D eigenvalue weighted by atomic mass is 10.0. The van der Waals surface area contributed by atoms with E-state index in [0.717, 1.165) is 33.9 Å². The first kappa shape index (κ1) is 87.3. The van der Waals surface area contributed by atoms with Crippen molar-refractivity contribution < 1.29 is 60.1 Å². The Morgan fingerprint density at radius 3 is 1.13 bits per heavy atom. The molecule has 0 bridgehead atoms. The largest absolute Gasteiger partial charge is 0.497 e. The van der Waals surface area contributed by atoms with Gasteiger partial charge in [-0.15, -0.1) is 0 Å². The molecule has 0 radical (unpaired) electrons. The first-order valence-corrected chi connectivity index (χ1v) is 40.2. The molecule has 600 valence electrons. The average Bonchev–Trinajstić information content (AvgIpc) is 0.785. The van der Waals surface area contributed by atoms with Crippen LogP contribution in [0.15, 0.2) is 304 Å². The lowest BCUT2D eigenvalue weighted by molar-refractivity contribution is -0.645. The molecule has 0 saturated carbocycles. The molecule has 0 aliphatic carbocycles. The van der Waals surface area contributed by atoms with Gasteiger partial charge in [-0.3, -0.25) is 0 Å². The highest BCUT2D eigenvalue weighted by atomic mass is 16.5. The van der Waals surface area contributed by atoms with E-state index in [2.05, 4.69) is 408 Å². The number of pyridine rings is 9. The summed E-state index contributed by atoms with van der Waals surface area (Å²) in [6, 6.07) is 86.6. The van der Waals surface area contributed by atoms with Gasteiger partial charge in [-0.05, 0) is 203 Å². The van der Waals surface area contributed by atoms with E-state index in [1.807, 2.05) is 69.9 Å². The van der Waals surface area contributed by atoms with Crippen LogP contribution >= 0.6 is 0 Å². The Hall–Kier alpha value is -13.1. The third kappa shape index (κ3) is 22.1. The predicted octanol–water partition coefficient (Wildman–Crippen LogP) is 18.6. The van der Waals surface area contributed by atoms with E-state index in [-0.39, 0.29) is 0 Å². The highest BCUT2D eigenvalue weighted by Crippen LogP contribution is 2.31. The Morgan fingerprint density at radius 1 is 0.220 bits per heavy atom. The molecule has 0 fully saturated rings. The molecule has 0 N–H and O–H groups in total. The molecule has 9 aromatic heterocycles. The normalized spacial score (nSPS) is 10.6. The Bertz CT molecular complexity index is 6490. The van der Waals surface area contributed by atoms with Crippen LogP contribution in [0, 0.1) is 55.4 Å². The first-order chi connectivity index (χ1) is 56.7. The van der Waals surface area contributed by atoms with Gasteiger partial charge in [0.2, 0.25) is 44.1 Å². The van der Waals surface area contributed by atoms with Crippen molar-refractivity contribution in [2.45, 2.75) is 75.2 Å². The minimum atomic E-state index is 0.602. The zero-order chi connectivity index (χ0) is 84.9. The van der Waals surface area contributed by atoms with E-state index in [1.54, 1.807) is 28.4 Å². The molecule has 18 rings (SSSR count). The minimum Gasteiger partial charge on any atom is -0.497 e. The van der Waals surface area contributed by atoms with E-state index in [0.29, 0.717) is 5.92 Å². The summed E-state index contributed by atoms with van der Waals surface area (Å²) < 4.78 is 40.2. The van der Waals surface area contributed by atoms with Crippen molar-refractivity contribution in [2.75, 3.05) is 28.4 Å². The van der Waals surface area contributed by atoms with Crippen molar-refractivity contribution in [3.63, 3.8) is 0 Å². The fourth-order valence-corrected chi connectivity index (χ4v) is 14.7. The van der Waals surface area contributed by atoms with Crippen LogP contribution < -0.4 is 60.1 Å². The summed E-state index contributed by atoms with van der Waals surface area (Å²) in [6.45, 7) is 21.5. The first-order valence-electron chi connectivity index (χ1n) is 40.2. The van der Waals surface area contributed by atoms with Gasteiger partial charge in [-0.2, -0.15) is 4.57 Å². The second-order valence-corrected chi connectivity index (χ2v) is 30.7. The van der Waals surface area contributed by atoms with E-state index in [1.165, 1.54) is 137 Å². The van der Waals surface area contributed by atoms with Crippen LogP contribution in [-0.2, 0) is 63.4 Å². The van der Waals surface area contributed by atoms with Crippen molar-refractivity contribution in [3.05, 3.63) is 355 Å². The molecular weight excluding hydrogens is 1450 g/mol. The van der Waals surface area contributed by atoms with Crippen molar-refractivity contribution >= 4 is 98.1 Å². The molecule has 9 aromatic carbocycles. The second kappa shape index (κ2) is 40.9. The highest BCUT2D eigenvalue weighted by molar-refractivity contribution is 5.87. The highest BCUT2D eigenvalue weighted by Gasteiger charge is 2.17. The Morgan fingerprint density at radius 2 is 0.593 bits per heavy atom. The molecule has 0 unspecified atom stereocenters. The molecule has 9 heterocycles. The van der Waals surface area contributed by atoms with Gasteiger partial charge in [-0.25, -0.2) is 36.5 Å². The SMILES string of the molecule is CC(C)c1ccc2c(ccc[n+]2C)c1.COc1cc(OC)c2c(c1)c(C)cc[n+]2C.COc1ccc2c(c1)c(C)cc[n+]2C.COc1ccc2c(ccc[n+]2C)c1.C[n+]1cccc2ccccc21.Cc1cc(C)c2c(c1)c(C)cc[n+]2C.Cc1cc[n+](C)c2ccccc12.Cc1ccc2c(ccc[n+]2C)c1.Cc1ccc2ccc[n+](C)c2c1. The molecular formula is C105H120N9O4+9. The number of nitrogens with zero attached hydrogens (tertiary/aromatic N) is 9. The maximum absolute atomic E-state index is 5.40. The Labute approximate surface area is 698 Å². The summed E-state index contributed by atoms with van der Waals surface area (Å²) >= 11 is 0. The summed E-state index contributed by atoms with van der Waals surface area (Å²) in [5.41, 5.74) is 23.2.